The number of aryl methyl sites for hydroxylation is 1. The summed E-state index contributed by atoms with van der Waals surface area (Å²) in [7, 11) is 1.77. The van der Waals surface area contributed by atoms with Gasteiger partial charge in [-0.2, -0.15) is 0 Å². The lowest BCUT2D eigenvalue weighted by atomic mass is 9.89. The normalized spacial score (nSPS) is 21.9. The monoisotopic (exact) mass is 161 g/mol. The SMILES string of the molecule is COC1[CH]CCc2ccccc21. The van der Waals surface area contributed by atoms with Gasteiger partial charge in [-0.25, -0.2) is 0 Å². The van der Waals surface area contributed by atoms with Crippen LogP contribution in [0.3, 0.4) is 0 Å². The molecule has 12 heavy (non-hydrogen) atoms. The van der Waals surface area contributed by atoms with Crippen LogP contribution in [0.4, 0.5) is 0 Å². The molecule has 0 saturated heterocycles. The van der Waals surface area contributed by atoms with Crippen molar-refractivity contribution >= 4 is 0 Å². The van der Waals surface area contributed by atoms with Gasteiger partial charge in [0.2, 0.25) is 0 Å². The van der Waals surface area contributed by atoms with Crippen molar-refractivity contribution in [1.29, 1.82) is 0 Å². The summed E-state index contributed by atoms with van der Waals surface area (Å²) in [5, 5.41) is 0. The Morgan fingerprint density at radius 3 is 3.00 bits per heavy atom. The zero-order chi connectivity index (χ0) is 8.39. The van der Waals surface area contributed by atoms with Crippen LogP contribution in [-0.4, -0.2) is 7.11 Å². The molecule has 1 aliphatic carbocycles. The van der Waals surface area contributed by atoms with E-state index in [1.165, 1.54) is 11.1 Å². The van der Waals surface area contributed by atoms with Crippen molar-refractivity contribution < 1.29 is 4.74 Å². The first kappa shape index (κ1) is 7.81. The maximum atomic E-state index is 5.36. The van der Waals surface area contributed by atoms with Crippen molar-refractivity contribution in [3.63, 3.8) is 0 Å². The van der Waals surface area contributed by atoms with Crippen molar-refractivity contribution in [3.05, 3.63) is 41.8 Å². The topological polar surface area (TPSA) is 9.23 Å². The quantitative estimate of drug-likeness (QED) is 0.615. The number of ether oxygens (including phenoxy) is 1. The number of hydrogen-bond acceptors (Lipinski definition) is 1. The van der Waals surface area contributed by atoms with Gasteiger partial charge >= 0.3 is 0 Å². The van der Waals surface area contributed by atoms with Gasteiger partial charge in [-0.15, -0.1) is 0 Å². The fraction of sp³-hybridized carbons (Fsp3) is 0.364. The highest BCUT2D eigenvalue weighted by atomic mass is 16.5. The van der Waals surface area contributed by atoms with Crippen LogP contribution in [-0.2, 0) is 11.2 Å². The van der Waals surface area contributed by atoms with Gasteiger partial charge in [-0.05, 0) is 30.4 Å². The van der Waals surface area contributed by atoms with E-state index < -0.39 is 0 Å². The van der Waals surface area contributed by atoms with Crippen LogP contribution in [0.1, 0.15) is 23.7 Å². The highest BCUT2D eigenvalue weighted by Crippen LogP contribution is 2.30. The van der Waals surface area contributed by atoms with Gasteiger partial charge in [-0.1, -0.05) is 24.3 Å². The van der Waals surface area contributed by atoms with E-state index in [1.54, 1.807) is 7.11 Å². The second-order valence-electron chi connectivity index (χ2n) is 3.13. The molecule has 0 saturated carbocycles. The Morgan fingerprint density at radius 2 is 2.17 bits per heavy atom. The molecule has 1 radical (unpaired) electrons. The average Bonchev–Trinajstić information content (AvgIpc) is 2.17. The van der Waals surface area contributed by atoms with Crippen LogP contribution in [0, 0.1) is 6.42 Å². The molecule has 1 aromatic carbocycles. The Labute approximate surface area is 73.4 Å². The van der Waals surface area contributed by atoms with E-state index in [9.17, 15) is 0 Å². The van der Waals surface area contributed by atoms with E-state index in [0.717, 1.165) is 12.8 Å². The smallest absolute Gasteiger partial charge is 0.0855 e. The average molecular weight is 161 g/mol. The summed E-state index contributed by atoms with van der Waals surface area (Å²) in [5.74, 6) is 0. The van der Waals surface area contributed by atoms with Crippen molar-refractivity contribution in [2.45, 2.75) is 18.9 Å². The van der Waals surface area contributed by atoms with Crippen LogP contribution in [0.2, 0.25) is 0 Å². The van der Waals surface area contributed by atoms with Gasteiger partial charge in [0.05, 0.1) is 6.10 Å². The molecule has 0 aromatic heterocycles. The van der Waals surface area contributed by atoms with Crippen molar-refractivity contribution in [1.82, 2.24) is 0 Å². The lowest BCUT2D eigenvalue weighted by Gasteiger charge is -2.23. The summed E-state index contributed by atoms with van der Waals surface area (Å²) >= 11 is 0. The molecule has 0 fully saturated rings. The van der Waals surface area contributed by atoms with Crippen LogP contribution in [0.5, 0.6) is 0 Å². The van der Waals surface area contributed by atoms with Gasteiger partial charge in [-0.3, -0.25) is 0 Å². The number of methoxy groups -OCH3 is 1. The molecule has 1 unspecified atom stereocenters. The Hall–Kier alpha value is -0.820. The van der Waals surface area contributed by atoms with Crippen LogP contribution >= 0.6 is 0 Å². The maximum absolute atomic E-state index is 5.36. The lowest BCUT2D eigenvalue weighted by Crippen LogP contribution is -2.11. The fourth-order valence-corrected chi connectivity index (χ4v) is 1.78. The Balaban J connectivity index is 2.37. The number of hydrogen-bond donors (Lipinski definition) is 0. The van der Waals surface area contributed by atoms with Crippen molar-refractivity contribution in [2.24, 2.45) is 0 Å². The molecule has 1 atom stereocenters. The second-order valence-corrected chi connectivity index (χ2v) is 3.13. The zero-order valence-electron chi connectivity index (χ0n) is 7.29. The number of benzene rings is 1. The largest absolute Gasteiger partial charge is 0.376 e. The molecule has 0 amide bonds. The third kappa shape index (κ3) is 1.25. The Bertz CT molecular complexity index is 267. The maximum Gasteiger partial charge on any atom is 0.0855 e. The summed E-state index contributed by atoms with van der Waals surface area (Å²) in [6.45, 7) is 0. The molecule has 0 N–H and O–H groups in total. The molecular formula is C11H13O. The Morgan fingerprint density at radius 1 is 1.33 bits per heavy atom. The van der Waals surface area contributed by atoms with E-state index in [2.05, 4.69) is 30.7 Å². The number of fused-ring (bicyclic) bond motifs is 1. The molecule has 2 rings (SSSR count). The van der Waals surface area contributed by atoms with E-state index in [0.29, 0.717) is 0 Å². The molecular weight excluding hydrogens is 148 g/mol. The summed E-state index contributed by atoms with van der Waals surface area (Å²) < 4.78 is 5.36. The first-order valence-electron chi connectivity index (χ1n) is 4.36. The van der Waals surface area contributed by atoms with Gasteiger partial charge in [0, 0.05) is 7.11 Å². The molecule has 1 aromatic rings. The Kier molecular flexibility index (Phi) is 2.13. The van der Waals surface area contributed by atoms with Gasteiger partial charge in [0.15, 0.2) is 0 Å². The second kappa shape index (κ2) is 3.28. The molecule has 0 aliphatic heterocycles. The fourth-order valence-electron chi connectivity index (χ4n) is 1.78. The van der Waals surface area contributed by atoms with Gasteiger partial charge < -0.3 is 4.74 Å². The minimum Gasteiger partial charge on any atom is -0.376 e. The first-order valence-corrected chi connectivity index (χ1v) is 4.36. The number of rotatable bonds is 1. The minimum absolute atomic E-state index is 0.218. The minimum atomic E-state index is 0.218. The van der Waals surface area contributed by atoms with E-state index in [-0.39, 0.29) is 6.10 Å². The van der Waals surface area contributed by atoms with E-state index >= 15 is 0 Å². The predicted octanol–water partition coefficient (Wildman–Crippen LogP) is 2.52. The first-order chi connectivity index (χ1) is 5.92. The third-order valence-electron chi connectivity index (χ3n) is 2.41. The van der Waals surface area contributed by atoms with Crippen LogP contribution in [0.15, 0.2) is 24.3 Å². The van der Waals surface area contributed by atoms with E-state index in [1.807, 2.05) is 0 Å². The zero-order valence-corrected chi connectivity index (χ0v) is 7.29. The summed E-state index contributed by atoms with van der Waals surface area (Å²) in [6.07, 6.45) is 4.75. The summed E-state index contributed by atoms with van der Waals surface area (Å²) in [4.78, 5) is 0. The predicted molar refractivity (Wildman–Crippen MR) is 48.8 cm³/mol. The highest BCUT2D eigenvalue weighted by Gasteiger charge is 2.18. The van der Waals surface area contributed by atoms with Gasteiger partial charge in [0.25, 0.3) is 0 Å². The molecule has 1 nitrogen and oxygen atoms in total. The third-order valence-corrected chi connectivity index (χ3v) is 2.41. The van der Waals surface area contributed by atoms with Gasteiger partial charge in [0.1, 0.15) is 0 Å². The summed E-state index contributed by atoms with van der Waals surface area (Å²) in [5.41, 5.74) is 2.78. The van der Waals surface area contributed by atoms with Crippen LogP contribution < -0.4 is 0 Å². The summed E-state index contributed by atoms with van der Waals surface area (Å²) in [6, 6.07) is 8.51. The molecule has 0 spiro atoms. The lowest BCUT2D eigenvalue weighted by molar-refractivity contribution is 0.122. The van der Waals surface area contributed by atoms with Crippen molar-refractivity contribution in [2.75, 3.05) is 7.11 Å². The highest BCUT2D eigenvalue weighted by molar-refractivity contribution is 5.33. The van der Waals surface area contributed by atoms with Crippen molar-refractivity contribution in [3.8, 4) is 0 Å². The molecule has 0 heterocycles. The standard InChI is InChI=1S/C11H13O/c1-12-11-8-4-6-9-5-2-3-7-10(9)11/h2-3,5,7-8,11H,4,6H2,1H3. The molecule has 1 heteroatoms. The van der Waals surface area contributed by atoms with Crippen LogP contribution in [0.25, 0.3) is 0 Å². The van der Waals surface area contributed by atoms with E-state index in [4.69, 9.17) is 4.74 Å². The molecule has 63 valence electrons. The molecule has 1 aliphatic rings. The molecule has 0 bridgehead atoms.